The van der Waals surface area contributed by atoms with Crippen LogP contribution in [-0.4, -0.2) is 31.7 Å². The van der Waals surface area contributed by atoms with Crippen molar-refractivity contribution in [3.8, 4) is 0 Å². The fourth-order valence-corrected chi connectivity index (χ4v) is 4.72. The third-order valence-electron chi connectivity index (χ3n) is 4.67. The summed E-state index contributed by atoms with van der Waals surface area (Å²) in [6.07, 6.45) is 2.95. The Labute approximate surface area is 155 Å². The summed E-state index contributed by atoms with van der Waals surface area (Å²) in [6.45, 7) is 3.16. The highest BCUT2D eigenvalue weighted by Crippen LogP contribution is 2.18. The molecule has 26 heavy (non-hydrogen) atoms. The van der Waals surface area contributed by atoms with Gasteiger partial charge in [0.15, 0.2) is 0 Å². The molecule has 138 valence electrons. The van der Waals surface area contributed by atoms with Crippen LogP contribution in [0.3, 0.4) is 0 Å². The van der Waals surface area contributed by atoms with Crippen molar-refractivity contribution in [1.82, 2.24) is 4.31 Å². The van der Waals surface area contributed by atoms with Crippen LogP contribution >= 0.6 is 0 Å². The molecule has 2 aromatic rings. The molecule has 6 heteroatoms. The van der Waals surface area contributed by atoms with E-state index < -0.39 is 10.0 Å². The molecule has 1 N–H and O–H groups in total. The number of amides is 1. The molecule has 1 saturated heterocycles. The van der Waals surface area contributed by atoms with Crippen LogP contribution in [0.15, 0.2) is 48.5 Å². The molecule has 5 nitrogen and oxygen atoms in total. The molecule has 1 fully saturated rings. The van der Waals surface area contributed by atoms with E-state index in [-0.39, 0.29) is 11.7 Å². The standard InChI is InChI=1S/C20H24N2O3S/c1-16-7-3-4-8-19(16)21-20(23)18-11-9-17(10-12-18)15-26(24,25)22-13-5-2-6-14-22/h3-4,7-12H,2,5-6,13-15H2,1H3,(H,21,23). The largest absolute Gasteiger partial charge is 0.322 e. The zero-order chi connectivity index (χ0) is 18.6. The number of para-hydroxylation sites is 1. The predicted octanol–water partition coefficient (Wildman–Crippen LogP) is 3.56. The molecule has 0 unspecified atom stereocenters. The van der Waals surface area contributed by atoms with E-state index in [1.807, 2.05) is 31.2 Å². The molecular weight excluding hydrogens is 348 g/mol. The summed E-state index contributed by atoms with van der Waals surface area (Å²) in [4.78, 5) is 12.4. The Hall–Kier alpha value is -2.18. The van der Waals surface area contributed by atoms with E-state index >= 15 is 0 Å². The minimum Gasteiger partial charge on any atom is -0.322 e. The monoisotopic (exact) mass is 372 g/mol. The summed E-state index contributed by atoms with van der Waals surface area (Å²) in [5.74, 6) is -0.225. The number of carbonyl (C=O) groups excluding carboxylic acids is 1. The van der Waals surface area contributed by atoms with Crippen molar-refractivity contribution in [2.75, 3.05) is 18.4 Å². The number of anilines is 1. The second-order valence-electron chi connectivity index (χ2n) is 6.68. The van der Waals surface area contributed by atoms with Crippen molar-refractivity contribution < 1.29 is 13.2 Å². The normalized spacial score (nSPS) is 15.6. The zero-order valence-corrected chi connectivity index (χ0v) is 15.8. The lowest BCUT2D eigenvalue weighted by molar-refractivity contribution is 0.102. The van der Waals surface area contributed by atoms with Gasteiger partial charge in [0.2, 0.25) is 10.0 Å². The number of piperidine rings is 1. The maximum Gasteiger partial charge on any atom is 0.255 e. The number of aryl methyl sites for hydroxylation is 1. The second kappa shape index (κ2) is 8.01. The summed E-state index contributed by atoms with van der Waals surface area (Å²) < 4.78 is 26.6. The van der Waals surface area contributed by atoms with Crippen molar-refractivity contribution in [3.05, 3.63) is 65.2 Å². The Kier molecular flexibility index (Phi) is 5.74. The molecule has 1 amide bonds. The first-order valence-corrected chi connectivity index (χ1v) is 10.5. The van der Waals surface area contributed by atoms with Gasteiger partial charge in [-0.25, -0.2) is 12.7 Å². The molecule has 0 saturated carbocycles. The summed E-state index contributed by atoms with van der Waals surface area (Å²) >= 11 is 0. The van der Waals surface area contributed by atoms with E-state index in [0.717, 1.165) is 30.5 Å². The Morgan fingerprint density at radius 3 is 2.31 bits per heavy atom. The Bertz CT molecular complexity index is 870. The molecule has 2 aromatic carbocycles. The molecule has 1 aliphatic rings. The van der Waals surface area contributed by atoms with Gasteiger partial charge in [0, 0.05) is 24.3 Å². The molecule has 0 radical (unpaired) electrons. The minimum atomic E-state index is -3.29. The quantitative estimate of drug-likeness (QED) is 0.873. The van der Waals surface area contributed by atoms with E-state index in [1.54, 1.807) is 28.6 Å². The number of carbonyl (C=O) groups is 1. The average Bonchev–Trinajstić information content (AvgIpc) is 2.64. The van der Waals surface area contributed by atoms with E-state index in [2.05, 4.69) is 5.32 Å². The van der Waals surface area contributed by atoms with Gasteiger partial charge in [-0.05, 0) is 49.1 Å². The lowest BCUT2D eigenvalue weighted by Crippen LogP contribution is -2.36. The third kappa shape index (κ3) is 4.51. The van der Waals surface area contributed by atoms with Gasteiger partial charge in [-0.15, -0.1) is 0 Å². The summed E-state index contributed by atoms with van der Waals surface area (Å²) in [5, 5.41) is 2.88. The van der Waals surface area contributed by atoms with Crippen LogP contribution in [-0.2, 0) is 15.8 Å². The van der Waals surface area contributed by atoms with Crippen molar-refractivity contribution in [2.24, 2.45) is 0 Å². The van der Waals surface area contributed by atoms with Crippen molar-refractivity contribution in [3.63, 3.8) is 0 Å². The first kappa shape index (κ1) is 18.6. The average molecular weight is 372 g/mol. The lowest BCUT2D eigenvalue weighted by Gasteiger charge is -2.25. The van der Waals surface area contributed by atoms with Gasteiger partial charge in [0.05, 0.1) is 5.75 Å². The smallest absolute Gasteiger partial charge is 0.255 e. The third-order valence-corrected chi connectivity index (χ3v) is 6.52. The number of hydrogen-bond donors (Lipinski definition) is 1. The zero-order valence-electron chi connectivity index (χ0n) is 14.9. The first-order chi connectivity index (χ1) is 12.5. The molecule has 0 bridgehead atoms. The Morgan fingerprint density at radius 1 is 1.00 bits per heavy atom. The highest BCUT2D eigenvalue weighted by atomic mass is 32.2. The van der Waals surface area contributed by atoms with E-state index in [4.69, 9.17) is 0 Å². The van der Waals surface area contributed by atoms with Crippen LogP contribution in [0, 0.1) is 6.92 Å². The topological polar surface area (TPSA) is 66.5 Å². The molecular formula is C20H24N2O3S. The van der Waals surface area contributed by atoms with Gasteiger partial charge in [-0.2, -0.15) is 0 Å². The Balaban J connectivity index is 1.66. The van der Waals surface area contributed by atoms with Crippen LogP contribution in [0.5, 0.6) is 0 Å². The fourth-order valence-electron chi connectivity index (χ4n) is 3.10. The fraction of sp³-hybridized carbons (Fsp3) is 0.350. The van der Waals surface area contributed by atoms with E-state index in [1.165, 1.54) is 0 Å². The predicted molar refractivity (Wildman–Crippen MR) is 104 cm³/mol. The second-order valence-corrected chi connectivity index (χ2v) is 8.65. The number of benzene rings is 2. The van der Waals surface area contributed by atoms with E-state index in [9.17, 15) is 13.2 Å². The van der Waals surface area contributed by atoms with Crippen LogP contribution in [0.1, 0.15) is 40.7 Å². The molecule has 1 heterocycles. The maximum absolute atomic E-state index is 12.5. The molecule has 1 aliphatic heterocycles. The van der Waals surface area contributed by atoms with Gasteiger partial charge in [-0.3, -0.25) is 4.79 Å². The lowest BCUT2D eigenvalue weighted by atomic mass is 10.1. The van der Waals surface area contributed by atoms with Crippen molar-refractivity contribution in [2.45, 2.75) is 31.9 Å². The summed E-state index contributed by atoms with van der Waals surface area (Å²) in [6, 6.07) is 14.4. The van der Waals surface area contributed by atoms with Gasteiger partial charge in [0.1, 0.15) is 0 Å². The van der Waals surface area contributed by atoms with Crippen LogP contribution in [0.25, 0.3) is 0 Å². The van der Waals surface area contributed by atoms with Crippen LogP contribution < -0.4 is 5.32 Å². The van der Waals surface area contributed by atoms with Gasteiger partial charge in [-0.1, -0.05) is 36.8 Å². The maximum atomic E-state index is 12.5. The first-order valence-electron chi connectivity index (χ1n) is 8.89. The molecule has 0 atom stereocenters. The van der Waals surface area contributed by atoms with Crippen LogP contribution in [0.4, 0.5) is 5.69 Å². The number of sulfonamides is 1. The van der Waals surface area contributed by atoms with Crippen LogP contribution in [0.2, 0.25) is 0 Å². The molecule has 0 spiro atoms. The van der Waals surface area contributed by atoms with Crippen molar-refractivity contribution >= 4 is 21.6 Å². The molecule has 3 rings (SSSR count). The number of nitrogens with one attached hydrogen (secondary N) is 1. The Morgan fingerprint density at radius 2 is 1.65 bits per heavy atom. The SMILES string of the molecule is Cc1ccccc1NC(=O)c1ccc(CS(=O)(=O)N2CCCCC2)cc1. The highest BCUT2D eigenvalue weighted by Gasteiger charge is 2.24. The minimum absolute atomic E-state index is 0.0211. The van der Waals surface area contributed by atoms with E-state index in [0.29, 0.717) is 24.2 Å². The molecule has 0 aromatic heterocycles. The van der Waals surface area contributed by atoms with Gasteiger partial charge >= 0.3 is 0 Å². The number of hydrogen-bond acceptors (Lipinski definition) is 3. The van der Waals surface area contributed by atoms with Gasteiger partial charge < -0.3 is 5.32 Å². The molecule has 0 aliphatic carbocycles. The summed E-state index contributed by atoms with van der Waals surface area (Å²) in [5.41, 5.74) is 2.97. The number of rotatable bonds is 5. The summed E-state index contributed by atoms with van der Waals surface area (Å²) in [7, 11) is -3.29. The van der Waals surface area contributed by atoms with Gasteiger partial charge in [0.25, 0.3) is 5.91 Å². The highest BCUT2D eigenvalue weighted by molar-refractivity contribution is 7.88. The van der Waals surface area contributed by atoms with Crippen molar-refractivity contribution in [1.29, 1.82) is 0 Å². The number of nitrogens with zero attached hydrogens (tertiary/aromatic N) is 1.